The van der Waals surface area contributed by atoms with Crippen LogP contribution in [0.25, 0.3) is 10.9 Å². The van der Waals surface area contributed by atoms with E-state index in [0.717, 1.165) is 54.1 Å². The highest BCUT2D eigenvalue weighted by Gasteiger charge is 2.08. The number of halogens is 1. The standard InChI is InChI=1S/C18H26ClN3O/c1-3-22(11-12-23)10-4-5-14(2)21-18-8-9-20-17-7-6-15(19)13-16(17)18/h6-9,13-14,23H,3-5,10-12H2,1-2H3,(H,20,21)/t14-/m1/s1. The van der Waals surface area contributed by atoms with E-state index in [1.165, 1.54) is 0 Å². The number of hydrogen-bond acceptors (Lipinski definition) is 4. The zero-order valence-electron chi connectivity index (χ0n) is 13.9. The summed E-state index contributed by atoms with van der Waals surface area (Å²) in [4.78, 5) is 6.65. The van der Waals surface area contributed by atoms with E-state index in [2.05, 4.69) is 29.0 Å². The van der Waals surface area contributed by atoms with Crippen molar-refractivity contribution < 1.29 is 5.11 Å². The maximum absolute atomic E-state index is 9.02. The van der Waals surface area contributed by atoms with Gasteiger partial charge in [-0.15, -0.1) is 0 Å². The predicted octanol–water partition coefficient (Wildman–Crippen LogP) is 3.78. The number of hydrogen-bond donors (Lipinski definition) is 2. The van der Waals surface area contributed by atoms with Crippen molar-refractivity contribution in [3.63, 3.8) is 0 Å². The lowest BCUT2D eigenvalue weighted by atomic mass is 10.1. The van der Waals surface area contributed by atoms with Gasteiger partial charge in [-0.25, -0.2) is 0 Å². The van der Waals surface area contributed by atoms with Gasteiger partial charge in [-0.1, -0.05) is 18.5 Å². The first-order valence-electron chi connectivity index (χ1n) is 8.28. The Balaban J connectivity index is 1.93. The number of pyridine rings is 1. The predicted molar refractivity (Wildman–Crippen MR) is 98.3 cm³/mol. The SMILES string of the molecule is CCN(CCO)CCC[C@@H](C)Nc1ccnc2ccc(Cl)cc12. The van der Waals surface area contributed by atoms with Crippen LogP contribution in [0.5, 0.6) is 0 Å². The fourth-order valence-electron chi connectivity index (χ4n) is 2.77. The molecule has 0 unspecified atom stereocenters. The van der Waals surface area contributed by atoms with Crippen molar-refractivity contribution in [3.8, 4) is 0 Å². The molecule has 4 nitrogen and oxygen atoms in total. The monoisotopic (exact) mass is 335 g/mol. The van der Waals surface area contributed by atoms with Gasteiger partial charge in [0, 0.05) is 34.9 Å². The molecule has 1 heterocycles. The molecule has 0 spiro atoms. The summed E-state index contributed by atoms with van der Waals surface area (Å²) in [6.45, 7) is 7.31. The van der Waals surface area contributed by atoms with E-state index in [-0.39, 0.29) is 6.61 Å². The second-order valence-electron chi connectivity index (χ2n) is 5.87. The van der Waals surface area contributed by atoms with E-state index in [0.29, 0.717) is 6.04 Å². The topological polar surface area (TPSA) is 48.4 Å². The van der Waals surface area contributed by atoms with E-state index >= 15 is 0 Å². The molecule has 2 rings (SSSR count). The smallest absolute Gasteiger partial charge is 0.0723 e. The Morgan fingerprint density at radius 2 is 2.13 bits per heavy atom. The quantitative estimate of drug-likeness (QED) is 0.732. The zero-order valence-corrected chi connectivity index (χ0v) is 14.7. The second-order valence-corrected chi connectivity index (χ2v) is 6.30. The highest BCUT2D eigenvalue weighted by molar-refractivity contribution is 6.31. The van der Waals surface area contributed by atoms with E-state index in [9.17, 15) is 0 Å². The number of likely N-dealkylation sites (N-methyl/N-ethyl adjacent to an activating group) is 1. The molecule has 0 amide bonds. The fourth-order valence-corrected chi connectivity index (χ4v) is 2.94. The molecular formula is C18H26ClN3O. The number of aliphatic hydroxyl groups is 1. The van der Waals surface area contributed by atoms with E-state index in [1.807, 2.05) is 30.5 Å². The Bertz CT molecular complexity index is 620. The number of benzene rings is 1. The summed E-state index contributed by atoms with van der Waals surface area (Å²) >= 11 is 6.11. The van der Waals surface area contributed by atoms with E-state index < -0.39 is 0 Å². The third kappa shape index (κ3) is 5.34. The molecule has 126 valence electrons. The summed E-state index contributed by atoms with van der Waals surface area (Å²) in [5.74, 6) is 0. The van der Waals surface area contributed by atoms with Crippen LogP contribution in [0.2, 0.25) is 5.02 Å². The van der Waals surface area contributed by atoms with Gasteiger partial charge in [-0.2, -0.15) is 0 Å². The number of aliphatic hydroxyl groups excluding tert-OH is 1. The fraction of sp³-hybridized carbons (Fsp3) is 0.500. The van der Waals surface area contributed by atoms with Crippen LogP contribution in [0.1, 0.15) is 26.7 Å². The van der Waals surface area contributed by atoms with Gasteiger partial charge in [-0.05, 0) is 57.1 Å². The number of nitrogens with zero attached hydrogens (tertiary/aromatic N) is 2. The highest BCUT2D eigenvalue weighted by atomic mass is 35.5. The molecule has 5 heteroatoms. The van der Waals surface area contributed by atoms with Gasteiger partial charge in [-0.3, -0.25) is 4.98 Å². The first-order valence-corrected chi connectivity index (χ1v) is 8.66. The lowest BCUT2D eigenvalue weighted by Gasteiger charge is -2.21. The highest BCUT2D eigenvalue weighted by Crippen LogP contribution is 2.25. The first kappa shape index (κ1) is 18.0. The van der Waals surface area contributed by atoms with E-state index in [4.69, 9.17) is 16.7 Å². The largest absolute Gasteiger partial charge is 0.395 e. The van der Waals surface area contributed by atoms with Crippen molar-refractivity contribution in [2.75, 3.05) is 31.6 Å². The summed E-state index contributed by atoms with van der Waals surface area (Å²) in [6, 6.07) is 8.14. The maximum Gasteiger partial charge on any atom is 0.0723 e. The lowest BCUT2D eigenvalue weighted by molar-refractivity contribution is 0.199. The molecule has 0 aliphatic rings. The Kier molecular flexibility index (Phi) is 7.09. The van der Waals surface area contributed by atoms with Crippen LogP contribution in [0.4, 0.5) is 5.69 Å². The first-order chi connectivity index (χ1) is 11.1. The van der Waals surface area contributed by atoms with Crippen LogP contribution in [0, 0.1) is 0 Å². The summed E-state index contributed by atoms with van der Waals surface area (Å²) in [7, 11) is 0. The average molecular weight is 336 g/mol. The lowest BCUT2D eigenvalue weighted by Crippen LogP contribution is -2.28. The summed E-state index contributed by atoms with van der Waals surface area (Å²) < 4.78 is 0. The molecule has 1 atom stereocenters. The van der Waals surface area contributed by atoms with Crippen molar-refractivity contribution in [2.24, 2.45) is 0 Å². The Morgan fingerprint density at radius 1 is 1.30 bits per heavy atom. The molecule has 2 N–H and O–H groups in total. The van der Waals surface area contributed by atoms with Crippen LogP contribution in [0.3, 0.4) is 0 Å². The minimum atomic E-state index is 0.228. The second kappa shape index (κ2) is 9.06. The number of fused-ring (bicyclic) bond motifs is 1. The van der Waals surface area contributed by atoms with Crippen LogP contribution in [-0.4, -0.2) is 47.3 Å². The molecule has 23 heavy (non-hydrogen) atoms. The van der Waals surface area contributed by atoms with Crippen molar-refractivity contribution in [1.82, 2.24) is 9.88 Å². The Hall–Kier alpha value is -1.36. The van der Waals surface area contributed by atoms with Crippen molar-refractivity contribution in [3.05, 3.63) is 35.5 Å². The van der Waals surface area contributed by atoms with Crippen molar-refractivity contribution in [2.45, 2.75) is 32.7 Å². The maximum atomic E-state index is 9.02. The number of rotatable bonds is 9. The van der Waals surface area contributed by atoms with E-state index in [1.54, 1.807) is 0 Å². The van der Waals surface area contributed by atoms with Gasteiger partial charge in [0.05, 0.1) is 12.1 Å². The molecule has 2 aromatic rings. The van der Waals surface area contributed by atoms with Gasteiger partial charge in [0.2, 0.25) is 0 Å². The molecule has 0 fully saturated rings. The molecule has 0 aliphatic heterocycles. The number of anilines is 1. The molecule has 0 bridgehead atoms. The molecule has 1 aromatic heterocycles. The molecule has 0 saturated heterocycles. The van der Waals surface area contributed by atoms with Crippen LogP contribution >= 0.6 is 11.6 Å². The summed E-state index contributed by atoms with van der Waals surface area (Å²) in [6.07, 6.45) is 4.00. The summed E-state index contributed by atoms with van der Waals surface area (Å²) in [5, 5.41) is 14.4. The van der Waals surface area contributed by atoms with Crippen LogP contribution < -0.4 is 5.32 Å². The molecule has 1 aromatic carbocycles. The molecule has 0 radical (unpaired) electrons. The van der Waals surface area contributed by atoms with Gasteiger partial charge in [0.1, 0.15) is 0 Å². The van der Waals surface area contributed by atoms with Gasteiger partial charge in [0.15, 0.2) is 0 Å². The van der Waals surface area contributed by atoms with Gasteiger partial charge >= 0.3 is 0 Å². The minimum absolute atomic E-state index is 0.228. The minimum Gasteiger partial charge on any atom is -0.395 e. The third-order valence-corrected chi connectivity index (χ3v) is 4.32. The van der Waals surface area contributed by atoms with Crippen molar-refractivity contribution in [1.29, 1.82) is 0 Å². The number of aromatic nitrogens is 1. The zero-order chi connectivity index (χ0) is 16.7. The molecular weight excluding hydrogens is 310 g/mol. The summed E-state index contributed by atoms with van der Waals surface area (Å²) in [5.41, 5.74) is 2.03. The van der Waals surface area contributed by atoms with Crippen LogP contribution in [0.15, 0.2) is 30.5 Å². The molecule has 0 aliphatic carbocycles. The van der Waals surface area contributed by atoms with Gasteiger partial charge in [0.25, 0.3) is 0 Å². The van der Waals surface area contributed by atoms with Gasteiger partial charge < -0.3 is 15.3 Å². The van der Waals surface area contributed by atoms with Crippen molar-refractivity contribution >= 4 is 28.2 Å². The van der Waals surface area contributed by atoms with Crippen LogP contribution in [-0.2, 0) is 0 Å². The third-order valence-electron chi connectivity index (χ3n) is 4.08. The number of nitrogens with one attached hydrogen (secondary N) is 1. The Labute approximate surface area is 143 Å². The Morgan fingerprint density at radius 3 is 2.87 bits per heavy atom. The molecule has 0 saturated carbocycles. The normalized spacial score (nSPS) is 12.7. The average Bonchev–Trinajstić information content (AvgIpc) is 2.54.